The number of para-hydroxylation sites is 1. The molecule has 1 rings (SSSR count). The zero-order valence-electron chi connectivity index (χ0n) is 11.7. The van der Waals surface area contributed by atoms with Gasteiger partial charge in [0.25, 0.3) is 0 Å². The predicted molar refractivity (Wildman–Crippen MR) is 80.6 cm³/mol. The molecular formula is C14H25O5P. The molecule has 0 saturated carbocycles. The lowest BCUT2D eigenvalue weighted by atomic mass is 10.3. The molecule has 0 fully saturated rings. The maximum atomic E-state index is 10.3. The van der Waals surface area contributed by atoms with Crippen molar-refractivity contribution in [2.24, 2.45) is 0 Å². The van der Waals surface area contributed by atoms with Gasteiger partial charge in [-0.05, 0) is 0 Å². The first-order chi connectivity index (χ1) is 9.64. The maximum absolute atomic E-state index is 10.3. The van der Waals surface area contributed by atoms with Crippen LogP contribution in [0.3, 0.4) is 0 Å². The van der Waals surface area contributed by atoms with Crippen LogP contribution < -0.4 is 5.11 Å². The Morgan fingerprint density at radius 3 is 1.25 bits per heavy atom. The van der Waals surface area contributed by atoms with Crippen molar-refractivity contribution in [3.8, 4) is 5.75 Å². The molecule has 4 N–H and O–H groups in total. The van der Waals surface area contributed by atoms with Gasteiger partial charge in [-0.3, -0.25) is 0 Å². The molecule has 0 bridgehead atoms. The Labute approximate surface area is 120 Å². The van der Waals surface area contributed by atoms with Crippen LogP contribution >= 0.6 is 7.26 Å². The van der Waals surface area contributed by atoms with E-state index in [2.05, 4.69) is 0 Å². The van der Waals surface area contributed by atoms with Crippen LogP contribution in [0.2, 0.25) is 0 Å². The van der Waals surface area contributed by atoms with Crippen molar-refractivity contribution in [1.82, 2.24) is 0 Å². The van der Waals surface area contributed by atoms with Crippen molar-refractivity contribution >= 4 is 7.26 Å². The number of benzene rings is 1. The standard InChI is InChI=1S/C8H20O4P.C6H6O/c9-1-5-13(6-2-10,7-3-11)8-4-12;7-6-4-2-1-3-5-6/h9-12H,1-8H2;1-5,7H/q+1;/p-1. The number of hydrogen-bond acceptors (Lipinski definition) is 5. The van der Waals surface area contributed by atoms with Crippen LogP contribution in [0.4, 0.5) is 0 Å². The molecule has 1 aromatic carbocycles. The first-order valence-electron chi connectivity index (χ1n) is 6.64. The van der Waals surface area contributed by atoms with Crippen molar-refractivity contribution in [2.75, 3.05) is 51.1 Å². The molecule has 0 amide bonds. The summed E-state index contributed by atoms with van der Waals surface area (Å²) in [6, 6.07) is 8.33. The van der Waals surface area contributed by atoms with Gasteiger partial charge in [-0.15, -0.1) is 5.75 Å². The van der Waals surface area contributed by atoms with E-state index in [0.717, 1.165) is 0 Å². The summed E-state index contributed by atoms with van der Waals surface area (Å²) in [5.74, 6) is 0.0718. The quantitative estimate of drug-likeness (QED) is 0.495. The fourth-order valence-electron chi connectivity index (χ4n) is 1.94. The van der Waals surface area contributed by atoms with Gasteiger partial charge in [0, 0.05) is 7.26 Å². The first kappa shape index (κ1) is 19.3. The summed E-state index contributed by atoms with van der Waals surface area (Å²) in [5, 5.41) is 45.7. The average Bonchev–Trinajstić information content (AvgIpc) is 2.41. The summed E-state index contributed by atoms with van der Waals surface area (Å²) in [6.07, 6.45) is 2.53. The molecule has 0 aromatic heterocycles. The van der Waals surface area contributed by atoms with Crippen LogP contribution in [0.5, 0.6) is 5.75 Å². The average molecular weight is 304 g/mol. The second kappa shape index (κ2) is 12.1. The Kier molecular flexibility index (Phi) is 11.6. The lowest BCUT2D eigenvalue weighted by Gasteiger charge is -2.24. The third-order valence-electron chi connectivity index (χ3n) is 3.04. The van der Waals surface area contributed by atoms with Gasteiger partial charge in [0.05, 0.1) is 51.1 Å². The summed E-state index contributed by atoms with van der Waals surface area (Å²) in [4.78, 5) is 0. The number of aliphatic hydroxyl groups is 4. The van der Waals surface area contributed by atoms with E-state index >= 15 is 0 Å². The molecule has 0 radical (unpaired) electrons. The smallest absolute Gasteiger partial charge is 0.0827 e. The third kappa shape index (κ3) is 8.46. The number of rotatable bonds is 8. The minimum atomic E-state index is -1.50. The number of hydrogen-bond donors (Lipinski definition) is 4. The van der Waals surface area contributed by atoms with Crippen molar-refractivity contribution in [2.45, 2.75) is 0 Å². The molecule has 0 aliphatic carbocycles. The third-order valence-corrected chi connectivity index (χ3v) is 7.64. The molecule has 0 saturated heterocycles. The fourth-order valence-corrected chi connectivity index (χ4v) is 4.98. The lowest BCUT2D eigenvalue weighted by Crippen LogP contribution is -2.19. The van der Waals surface area contributed by atoms with E-state index in [9.17, 15) is 5.11 Å². The SMILES string of the molecule is OCC[P+](CCO)(CCO)CCO.[O-]c1ccccc1. The largest absolute Gasteiger partial charge is 0.872 e. The summed E-state index contributed by atoms with van der Waals surface area (Å²) in [5.41, 5.74) is 0. The molecule has 20 heavy (non-hydrogen) atoms. The van der Waals surface area contributed by atoms with Gasteiger partial charge in [0.2, 0.25) is 0 Å². The lowest BCUT2D eigenvalue weighted by molar-refractivity contribution is -0.268. The van der Waals surface area contributed by atoms with Gasteiger partial charge < -0.3 is 25.5 Å². The van der Waals surface area contributed by atoms with Gasteiger partial charge in [-0.1, -0.05) is 30.3 Å². The predicted octanol–water partition coefficient (Wildman–Crippen LogP) is -0.267. The summed E-state index contributed by atoms with van der Waals surface area (Å²) < 4.78 is 0. The highest BCUT2D eigenvalue weighted by Gasteiger charge is 2.34. The normalized spacial score (nSPS) is 10.8. The van der Waals surface area contributed by atoms with E-state index in [0.29, 0.717) is 24.6 Å². The molecule has 0 heterocycles. The Balaban J connectivity index is 0.000000428. The van der Waals surface area contributed by atoms with Crippen LogP contribution in [0.1, 0.15) is 0 Å². The molecule has 0 unspecified atom stereocenters. The molecule has 0 aliphatic heterocycles. The van der Waals surface area contributed by atoms with Gasteiger partial charge in [-0.25, -0.2) is 0 Å². The van der Waals surface area contributed by atoms with E-state index in [1.54, 1.807) is 12.1 Å². The fraction of sp³-hybridized carbons (Fsp3) is 0.571. The highest BCUT2D eigenvalue weighted by atomic mass is 31.2. The Hall–Kier alpha value is -0.710. The molecule has 1 aromatic rings. The van der Waals surface area contributed by atoms with E-state index in [1.807, 2.05) is 6.07 Å². The van der Waals surface area contributed by atoms with Crippen LogP contribution in [0.15, 0.2) is 30.3 Å². The van der Waals surface area contributed by atoms with Crippen LogP contribution in [0.25, 0.3) is 0 Å². The van der Waals surface area contributed by atoms with E-state index in [4.69, 9.17) is 20.4 Å². The Bertz CT molecular complexity index is 291. The minimum Gasteiger partial charge on any atom is -0.872 e. The van der Waals surface area contributed by atoms with Crippen LogP contribution in [-0.2, 0) is 0 Å². The van der Waals surface area contributed by atoms with Crippen LogP contribution in [-0.4, -0.2) is 71.5 Å². The molecule has 5 nitrogen and oxygen atoms in total. The monoisotopic (exact) mass is 304 g/mol. The van der Waals surface area contributed by atoms with Crippen molar-refractivity contribution in [1.29, 1.82) is 0 Å². The van der Waals surface area contributed by atoms with Crippen molar-refractivity contribution in [3.05, 3.63) is 30.3 Å². The van der Waals surface area contributed by atoms with Crippen molar-refractivity contribution < 1.29 is 25.5 Å². The molecule has 0 spiro atoms. The molecule has 6 heteroatoms. The van der Waals surface area contributed by atoms with E-state index in [-0.39, 0.29) is 32.2 Å². The topological polar surface area (TPSA) is 104 Å². The highest BCUT2D eigenvalue weighted by Crippen LogP contribution is 2.57. The highest BCUT2D eigenvalue weighted by molar-refractivity contribution is 7.76. The second-order valence-electron chi connectivity index (χ2n) is 4.44. The van der Waals surface area contributed by atoms with E-state index < -0.39 is 7.26 Å². The van der Waals surface area contributed by atoms with Gasteiger partial charge in [-0.2, -0.15) is 0 Å². The molecular weight excluding hydrogens is 279 g/mol. The Morgan fingerprint density at radius 1 is 0.700 bits per heavy atom. The first-order valence-corrected chi connectivity index (χ1v) is 9.17. The molecule has 0 aliphatic rings. The summed E-state index contributed by atoms with van der Waals surface area (Å²) in [6.45, 7) is 0.309. The maximum Gasteiger partial charge on any atom is 0.0827 e. The van der Waals surface area contributed by atoms with Crippen LogP contribution in [0, 0.1) is 0 Å². The summed E-state index contributed by atoms with van der Waals surface area (Å²) >= 11 is 0. The zero-order chi connectivity index (χ0) is 15.3. The van der Waals surface area contributed by atoms with E-state index in [1.165, 1.54) is 12.1 Å². The van der Waals surface area contributed by atoms with Crippen molar-refractivity contribution in [3.63, 3.8) is 0 Å². The minimum absolute atomic E-state index is 0.0718. The summed E-state index contributed by atoms with van der Waals surface area (Å²) in [7, 11) is -1.50. The van der Waals surface area contributed by atoms with Gasteiger partial charge in [0.1, 0.15) is 0 Å². The van der Waals surface area contributed by atoms with Gasteiger partial charge in [0.15, 0.2) is 0 Å². The number of aliphatic hydroxyl groups excluding tert-OH is 4. The Morgan fingerprint density at radius 2 is 1.05 bits per heavy atom. The van der Waals surface area contributed by atoms with Gasteiger partial charge >= 0.3 is 0 Å². The molecule has 0 atom stereocenters. The zero-order valence-corrected chi connectivity index (χ0v) is 12.6. The second-order valence-corrected chi connectivity index (χ2v) is 8.92. The molecule has 116 valence electrons.